The normalized spacial score (nSPS) is 14.7. The highest BCUT2D eigenvalue weighted by atomic mass is 35.5. The molecule has 0 saturated heterocycles. The first-order valence-electron chi connectivity index (χ1n) is 11.1. The van der Waals surface area contributed by atoms with Crippen molar-refractivity contribution in [3.05, 3.63) is 83.7 Å². The molecule has 0 radical (unpaired) electrons. The van der Waals surface area contributed by atoms with Crippen molar-refractivity contribution in [2.24, 2.45) is 0 Å². The van der Waals surface area contributed by atoms with Crippen LogP contribution in [0.5, 0.6) is 0 Å². The Bertz CT molecular complexity index is 1160. The molecule has 0 bridgehead atoms. The van der Waals surface area contributed by atoms with Crippen molar-refractivity contribution in [3.8, 4) is 5.69 Å². The summed E-state index contributed by atoms with van der Waals surface area (Å²) in [6, 6.07) is 19.7. The molecule has 4 rings (SSSR count). The summed E-state index contributed by atoms with van der Waals surface area (Å²) in [5, 5.41) is 0. The van der Waals surface area contributed by atoms with Crippen LogP contribution in [0.25, 0.3) is 5.69 Å². The molecule has 2 aromatic carbocycles. The number of alkyl halides is 2. The van der Waals surface area contributed by atoms with Crippen LogP contribution in [0.1, 0.15) is 42.6 Å². The molecule has 1 aromatic heterocycles. The lowest BCUT2D eigenvalue weighted by Crippen LogP contribution is -2.48. The molecule has 1 aliphatic heterocycles. The van der Waals surface area contributed by atoms with Gasteiger partial charge in [-0.1, -0.05) is 78.5 Å². The maximum absolute atomic E-state index is 13.9. The van der Waals surface area contributed by atoms with Gasteiger partial charge in [0.1, 0.15) is 12.6 Å². The molecule has 5 nitrogen and oxygen atoms in total. The summed E-state index contributed by atoms with van der Waals surface area (Å²) >= 11 is 11.8. The van der Waals surface area contributed by atoms with Crippen LogP contribution >= 0.6 is 23.2 Å². The predicted molar refractivity (Wildman–Crippen MR) is 133 cm³/mol. The van der Waals surface area contributed by atoms with Crippen molar-refractivity contribution in [1.29, 1.82) is 0 Å². The lowest BCUT2D eigenvalue weighted by atomic mass is 9.96. The van der Waals surface area contributed by atoms with Crippen molar-refractivity contribution >= 4 is 40.7 Å². The monoisotopic (exact) mass is 483 g/mol. The van der Waals surface area contributed by atoms with Crippen LogP contribution < -0.4 is 4.90 Å². The molecule has 0 aliphatic carbocycles. The number of aromatic nitrogens is 1. The van der Waals surface area contributed by atoms with Crippen molar-refractivity contribution < 1.29 is 9.59 Å². The summed E-state index contributed by atoms with van der Waals surface area (Å²) in [7, 11) is 0. The van der Waals surface area contributed by atoms with Gasteiger partial charge in [0.15, 0.2) is 4.84 Å². The second-order valence-corrected chi connectivity index (χ2v) is 9.38. The number of hydrogen-bond donors (Lipinski definition) is 0. The lowest BCUT2D eigenvalue weighted by Gasteiger charge is -2.39. The van der Waals surface area contributed by atoms with E-state index in [1.807, 2.05) is 79.5 Å². The molecule has 172 valence electrons. The van der Waals surface area contributed by atoms with E-state index in [-0.39, 0.29) is 18.5 Å². The highest BCUT2D eigenvalue weighted by Crippen LogP contribution is 2.42. The molecule has 33 heavy (non-hydrogen) atoms. The van der Waals surface area contributed by atoms with Crippen LogP contribution in [0.3, 0.4) is 0 Å². The predicted octanol–water partition coefficient (Wildman–Crippen LogP) is 5.65. The molecular weight excluding hydrogens is 457 g/mol. The van der Waals surface area contributed by atoms with E-state index in [0.717, 1.165) is 41.0 Å². The number of aryl methyl sites for hydroxylation is 1. The number of hydrogen-bond acceptors (Lipinski definition) is 2. The van der Waals surface area contributed by atoms with Crippen molar-refractivity contribution in [2.45, 2.75) is 37.6 Å². The van der Waals surface area contributed by atoms with Crippen LogP contribution in [0.15, 0.2) is 66.9 Å². The third-order valence-electron chi connectivity index (χ3n) is 5.95. The first-order valence-corrected chi connectivity index (χ1v) is 12.0. The van der Waals surface area contributed by atoms with Gasteiger partial charge in [-0.05, 0) is 43.2 Å². The number of para-hydroxylation sites is 2. The van der Waals surface area contributed by atoms with Crippen LogP contribution in [0, 0.1) is 6.92 Å². The highest BCUT2D eigenvalue weighted by molar-refractivity contribution is 6.53. The Balaban J connectivity index is 1.79. The summed E-state index contributed by atoms with van der Waals surface area (Å²) in [6.07, 6.45) is 3.67. The Morgan fingerprint density at radius 2 is 1.79 bits per heavy atom. The number of carbonyl (C=O) groups is 2. The van der Waals surface area contributed by atoms with E-state index in [4.69, 9.17) is 23.2 Å². The van der Waals surface area contributed by atoms with Crippen molar-refractivity contribution in [3.63, 3.8) is 0 Å². The average molecular weight is 484 g/mol. The third kappa shape index (κ3) is 4.66. The number of rotatable bonds is 7. The van der Waals surface area contributed by atoms with E-state index in [9.17, 15) is 9.59 Å². The second kappa shape index (κ2) is 10.0. The van der Waals surface area contributed by atoms with E-state index in [2.05, 4.69) is 10.6 Å². The van der Waals surface area contributed by atoms with Crippen LogP contribution in [-0.4, -0.2) is 39.2 Å². The molecule has 3 aromatic rings. The zero-order valence-electron chi connectivity index (χ0n) is 18.7. The average Bonchev–Trinajstić information content (AvgIpc) is 3.30. The van der Waals surface area contributed by atoms with Gasteiger partial charge in [-0.2, -0.15) is 0 Å². The number of nitrogens with zero attached hydrogens (tertiary/aromatic N) is 3. The topological polar surface area (TPSA) is 45.6 Å². The largest absolute Gasteiger partial charge is 0.331 e. The lowest BCUT2D eigenvalue weighted by molar-refractivity contribution is -0.134. The number of amides is 2. The Hall–Kier alpha value is -2.76. The van der Waals surface area contributed by atoms with Crippen LogP contribution in [0.4, 0.5) is 5.69 Å². The van der Waals surface area contributed by atoms with E-state index < -0.39 is 10.7 Å². The van der Waals surface area contributed by atoms with Gasteiger partial charge in [0.25, 0.3) is 5.91 Å². The fourth-order valence-electron chi connectivity index (χ4n) is 4.41. The molecule has 0 saturated carbocycles. The smallest absolute Gasteiger partial charge is 0.256 e. The molecule has 2 amide bonds. The SMILES string of the molecule is CCCCN(CC(=O)N1c2ccccc2-n2cccc2C1c1cccc(C)c1)C(=O)C(Cl)Cl. The van der Waals surface area contributed by atoms with E-state index in [1.54, 1.807) is 0 Å². The number of halogens is 2. The molecule has 1 atom stereocenters. The van der Waals surface area contributed by atoms with Gasteiger partial charge in [-0.3, -0.25) is 14.5 Å². The molecule has 1 unspecified atom stereocenters. The van der Waals surface area contributed by atoms with E-state index in [1.165, 1.54) is 4.90 Å². The summed E-state index contributed by atoms with van der Waals surface area (Å²) < 4.78 is 2.12. The van der Waals surface area contributed by atoms with Crippen molar-refractivity contribution in [2.75, 3.05) is 18.0 Å². The summed E-state index contributed by atoms with van der Waals surface area (Å²) in [6.45, 7) is 4.41. The zero-order chi connectivity index (χ0) is 23.5. The fourth-order valence-corrected chi connectivity index (χ4v) is 4.69. The van der Waals surface area contributed by atoms with E-state index >= 15 is 0 Å². The maximum Gasteiger partial charge on any atom is 0.256 e. The number of unbranched alkanes of at least 4 members (excludes halogenated alkanes) is 1. The standard InChI is InChI=1S/C26H27Cl2N3O2/c1-3-4-14-29(26(33)25(27)28)17-23(32)31-21-12-6-5-11-20(21)30-15-8-13-22(30)24(31)19-10-7-9-18(2)16-19/h5-13,15-16,24-25H,3-4,14,17H2,1-2H3. The minimum Gasteiger partial charge on any atom is -0.331 e. The summed E-state index contributed by atoms with van der Waals surface area (Å²) in [5.41, 5.74) is 4.84. The molecular formula is C26H27Cl2N3O2. The summed E-state index contributed by atoms with van der Waals surface area (Å²) in [4.78, 5) is 28.6. The number of anilines is 1. The van der Waals surface area contributed by atoms with Gasteiger partial charge in [-0.25, -0.2) is 0 Å². The van der Waals surface area contributed by atoms with Gasteiger partial charge in [0, 0.05) is 12.7 Å². The molecule has 0 fully saturated rings. The minimum absolute atomic E-state index is 0.0911. The Kier molecular flexibility index (Phi) is 7.11. The maximum atomic E-state index is 13.9. The zero-order valence-corrected chi connectivity index (χ0v) is 20.3. The Morgan fingerprint density at radius 3 is 2.48 bits per heavy atom. The highest BCUT2D eigenvalue weighted by Gasteiger charge is 2.37. The van der Waals surface area contributed by atoms with Crippen LogP contribution in [-0.2, 0) is 9.59 Å². The Morgan fingerprint density at radius 1 is 1.03 bits per heavy atom. The fraction of sp³-hybridized carbons (Fsp3) is 0.308. The minimum atomic E-state index is -1.20. The second-order valence-electron chi connectivity index (χ2n) is 8.29. The molecule has 7 heteroatoms. The molecule has 0 N–H and O–H groups in total. The van der Waals surface area contributed by atoms with Crippen LogP contribution in [0.2, 0.25) is 0 Å². The van der Waals surface area contributed by atoms with E-state index in [0.29, 0.717) is 6.54 Å². The van der Waals surface area contributed by atoms with Gasteiger partial charge >= 0.3 is 0 Å². The first-order chi connectivity index (χ1) is 15.9. The quantitative estimate of drug-likeness (QED) is 0.407. The number of carbonyl (C=O) groups excluding carboxylic acids is 2. The molecule has 1 aliphatic rings. The van der Waals surface area contributed by atoms with Gasteiger partial charge in [0.05, 0.1) is 17.1 Å². The molecule has 2 heterocycles. The first kappa shape index (κ1) is 23.4. The Labute approximate surface area is 204 Å². The van der Waals surface area contributed by atoms with Crippen molar-refractivity contribution in [1.82, 2.24) is 9.47 Å². The van der Waals surface area contributed by atoms with Gasteiger partial charge < -0.3 is 9.47 Å². The summed E-state index contributed by atoms with van der Waals surface area (Å²) in [5.74, 6) is -0.624. The number of benzene rings is 2. The third-order valence-corrected chi connectivity index (χ3v) is 6.33. The molecule has 0 spiro atoms. The van der Waals surface area contributed by atoms with Gasteiger partial charge in [0.2, 0.25) is 5.91 Å². The number of fused-ring (bicyclic) bond motifs is 3. The van der Waals surface area contributed by atoms with Gasteiger partial charge in [-0.15, -0.1) is 0 Å².